The van der Waals surface area contributed by atoms with Crippen LogP contribution in [0.15, 0.2) is 0 Å². The largest absolute Gasteiger partial charge is 0.465 e. The lowest BCUT2D eigenvalue weighted by atomic mass is 9.85. The van der Waals surface area contributed by atoms with E-state index < -0.39 is 22.7 Å². The molecule has 0 spiro atoms. The van der Waals surface area contributed by atoms with E-state index in [4.69, 9.17) is 5.11 Å². The summed E-state index contributed by atoms with van der Waals surface area (Å²) in [6.45, 7) is 1.63. The number of aliphatic hydroxyl groups is 1. The van der Waals surface area contributed by atoms with Crippen LogP contribution in [0.2, 0.25) is 0 Å². The van der Waals surface area contributed by atoms with E-state index in [1.54, 1.807) is 0 Å². The number of nitro groups is 1. The van der Waals surface area contributed by atoms with Gasteiger partial charge in [-0.1, -0.05) is 0 Å². The summed E-state index contributed by atoms with van der Waals surface area (Å²) in [5, 5.41) is 29.1. The lowest BCUT2D eigenvalue weighted by molar-refractivity contribution is -0.542. The van der Waals surface area contributed by atoms with E-state index in [-0.39, 0.29) is 25.9 Å². The van der Waals surface area contributed by atoms with Crippen molar-refractivity contribution in [3.05, 3.63) is 10.1 Å². The van der Waals surface area contributed by atoms with E-state index in [1.807, 2.05) is 0 Å². The van der Waals surface area contributed by atoms with Gasteiger partial charge in [0.05, 0.1) is 0 Å². The summed E-state index contributed by atoms with van der Waals surface area (Å²) in [4.78, 5) is 21.7. The van der Waals surface area contributed by atoms with E-state index in [0.717, 1.165) is 4.90 Å². The van der Waals surface area contributed by atoms with E-state index in [0.29, 0.717) is 0 Å². The molecular formula is C8H14N2O5. The quantitative estimate of drug-likeness (QED) is 0.507. The summed E-state index contributed by atoms with van der Waals surface area (Å²) in [7, 11) is 0. The molecule has 1 fully saturated rings. The number of hydrogen-bond donors (Lipinski definition) is 2. The van der Waals surface area contributed by atoms with Crippen molar-refractivity contribution >= 4 is 6.09 Å². The smallest absolute Gasteiger partial charge is 0.407 e. The van der Waals surface area contributed by atoms with Gasteiger partial charge in [0.2, 0.25) is 6.04 Å². The average molecular weight is 218 g/mol. The fourth-order valence-electron chi connectivity index (χ4n) is 1.70. The van der Waals surface area contributed by atoms with Crippen LogP contribution in [0.25, 0.3) is 0 Å². The average Bonchev–Trinajstić information content (AvgIpc) is 2.17. The monoisotopic (exact) mass is 218 g/mol. The second kappa shape index (κ2) is 4.01. The van der Waals surface area contributed by atoms with Crippen LogP contribution < -0.4 is 0 Å². The van der Waals surface area contributed by atoms with Gasteiger partial charge in [0.1, 0.15) is 5.60 Å². The Hall–Kier alpha value is -1.37. The summed E-state index contributed by atoms with van der Waals surface area (Å²) < 4.78 is 0. The number of hydrogen-bond acceptors (Lipinski definition) is 4. The van der Waals surface area contributed by atoms with Crippen LogP contribution in [0.4, 0.5) is 4.79 Å². The molecule has 1 aliphatic heterocycles. The van der Waals surface area contributed by atoms with Crippen LogP contribution in [0.3, 0.4) is 0 Å². The van der Waals surface area contributed by atoms with Crippen LogP contribution in [-0.2, 0) is 0 Å². The van der Waals surface area contributed by atoms with Gasteiger partial charge in [0.25, 0.3) is 0 Å². The zero-order valence-electron chi connectivity index (χ0n) is 8.42. The van der Waals surface area contributed by atoms with E-state index in [2.05, 4.69) is 0 Å². The van der Waals surface area contributed by atoms with Gasteiger partial charge in [0, 0.05) is 37.8 Å². The molecule has 15 heavy (non-hydrogen) atoms. The Bertz CT molecular complexity index is 272. The Labute approximate surface area is 86.5 Å². The predicted molar refractivity (Wildman–Crippen MR) is 50.2 cm³/mol. The van der Waals surface area contributed by atoms with Crippen molar-refractivity contribution < 1.29 is 19.9 Å². The third-order valence-corrected chi connectivity index (χ3v) is 2.99. The summed E-state index contributed by atoms with van der Waals surface area (Å²) in [6.07, 6.45) is -0.825. The zero-order chi connectivity index (χ0) is 11.6. The second-order valence-corrected chi connectivity index (χ2v) is 3.83. The van der Waals surface area contributed by atoms with Crippen molar-refractivity contribution in [3.8, 4) is 0 Å². The molecule has 0 aromatic heterocycles. The fraction of sp³-hybridized carbons (Fsp3) is 0.875. The molecule has 0 bridgehead atoms. The summed E-state index contributed by atoms with van der Waals surface area (Å²) >= 11 is 0. The molecule has 1 heterocycles. The van der Waals surface area contributed by atoms with Crippen molar-refractivity contribution in [2.75, 3.05) is 13.1 Å². The predicted octanol–water partition coefficient (Wildman–Crippen LogP) is 0.156. The van der Waals surface area contributed by atoms with E-state index in [9.17, 15) is 20.0 Å². The van der Waals surface area contributed by atoms with Gasteiger partial charge in [-0.05, 0) is 0 Å². The molecule has 7 heteroatoms. The Morgan fingerprint density at radius 2 is 2.00 bits per heavy atom. The molecule has 1 atom stereocenters. The molecular weight excluding hydrogens is 204 g/mol. The summed E-state index contributed by atoms with van der Waals surface area (Å²) in [5.41, 5.74) is -1.38. The molecule has 1 unspecified atom stereocenters. The third kappa shape index (κ3) is 2.35. The first-order valence-electron chi connectivity index (χ1n) is 4.70. The normalized spacial score (nSPS) is 22.1. The van der Waals surface area contributed by atoms with Crippen LogP contribution in [0, 0.1) is 10.1 Å². The second-order valence-electron chi connectivity index (χ2n) is 3.83. The number of carboxylic acid groups (broad SMARTS) is 1. The van der Waals surface area contributed by atoms with Crippen LogP contribution in [0.1, 0.15) is 19.8 Å². The van der Waals surface area contributed by atoms with Crippen molar-refractivity contribution in [1.29, 1.82) is 0 Å². The molecule has 86 valence electrons. The topological polar surface area (TPSA) is 104 Å². The maximum absolute atomic E-state index is 10.6. The molecule has 0 radical (unpaired) electrons. The number of rotatable bonds is 2. The van der Waals surface area contributed by atoms with Gasteiger partial charge in [-0.2, -0.15) is 0 Å². The third-order valence-electron chi connectivity index (χ3n) is 2.99. The number of piperidine rings is 1. The van der Waals surface area contributed by atoms with Crippen LogP contribution in [-0.4, -0.2) is 50.9 Å². The van der Waals surface area contributed by atoms with Crippen molar-refractivity contribution in [1.82, 2.24) is 4.90 Å². The van der Waals surface area contributed by atoms with Crippen molar-refractivity contribution in [2.24, 2.45) is 0 Å². The SMILES string of the molecule is CC([N+](=O)[O-])C1(O)CCN(C(=O)O)CC1. The molecule has 0 aromatic carbocycles. The van der Waals surface area contributed by atoms with Gasteiger partial charge < -0.3 is 15.1 Å². The molecule has 1 aliphatic rings. The summed E-state index contributed by atoms with van der Waals surface area (Å²) in [6, 6.07) is -1.06. The van der Waals surface area contributed by atoms with E-state index in [1.165, 1.54) is 6.92 Å². The summed E-state index contributed by atoms with van der Waals surface area (Å²) in [5.74, 6) is 0. The van der Waals surface area contributed by atoms with Gasteiger partial charge >= 0.3 is 6.09 Å². The first-order valence-corrected chi connectivity index (χ1v) is 4.70. The lowest BCUT2D eigenvalue weighted by Crippen LogP contribution is -2.53. The van der Waals surface area contributed by atoms with E-state index >= 15 is 0 Å². The molecule has 7 nitrogen and oxygen atoms in total. The van der Waals surface area contributed by atoms with Crippen molar-refractivity contribution in [3.63, 3.8) is 0 Å². The first kappa shape index (κ1) is 11.7. The van der Waals surface area contributed by atoms with Gasteiger partial charge in [-0.25, -0.2) is 4.79 Å². The number of carbonyl (C=O) groups is 1. The van der Waals surface area contributed by atoms with Gasteiger partial charge in [0.15, 0.2) is 0 Å². The molecule has 0 saturated carbocycles. The molecule has 1 saturated heterocycles. The molecule has 1 rings (SSSR count). The van der Waals surface area contributed by atoms with Crippen LogP contribution in [0.5, 0.6) is 0 Å². The lowest BCUT2D eigenvalue weighted by Gasteiger charge is -2.36. The first-order chi connectivity index (χ1) is 6.87. The Balaban J connectivity index is 2.62. The number of amides is 1. The number of nitrogens with zero attached hydrogens (tertiary/aromatic N) is 2. The highest BCUT2D eigenvalue weighted by Crippen LogP contribution is 2.27. The molecule has 0 aliphatic carbocycles. The Morgan fingerprint density at radius 1 is 1.53 bits per heavy atom. The highest BCUT2D eigenvalue weighted by molar-refractivity contribution is 5.65. The zero-order valence-corrected chi connectivity index (χ0v) is 8.42. The standard InChI is InChI=1S/C8H14N2O5/c1-6(10(14)15)8(13)2-4-9(5-3-8)7(11)12/h6,13H,2-5H2,1H3,(H,11,12). The van der Waals surface area contributed by atoms with Gasteiger partial charge in [-0.3, -0.25) is 10.1 Å². The maximum Gasteiger partial charge on any atom is 0.407 e. The molecule has 0 aromatic rings. The van der Waals surface area contributed by atoms with Gasteiger partial charge in [-0.15, -0.1) is 0 Å². The minimum Gasteiger partial charge on any atom is -0.465 e. The minimum atomic E-state index is -1.38. The molecule has 2 N–H and O–H groups in total. The Morgan fingerprint density at radius 3 is 2.33 bits per heavy atom. The highest BCUT2D eigenvalue weighted by Gasteiger charge is 2.44. The molecule has 1 amide bonds. The maximum atomic E-state index is 10.6. The fourth-order valence-corrected chi connectivity index (χ4v) is 1.70. The van der Waals surface area contributed by atoms with Crippen LogP contribution >= 0.6 is 0 Å². The Kier molecular flexibility index (Phi) is 3.13. The number of likely N-dealkylation sites (tertiary alicyclic amines) is 1. The minimum absolute atomic E-state index is 0.113. The highest BCUT2D eigenvalue weighted by atomic mass is 16.6. The van der Waals surface area contributed by atoms with Crippen molar-refractivity contribution in [2.45, 2.75) is 31.4 Å².